The molecule has 1 fully saturated rings. The number of pyridine rings is 1. The van der Waals surface area contributed by atoms with Crippen LogP contribution >= 0.6 is 0 Å². The second-order valence-corrected chi connectivity index (χ2v) is 9.11. The van der Waals surface area contributed by atoms with Crippen LogP contribution in [0.1, 0.15) is 75.9 Å². The SMILES string of the molecule is CCC(C)(C)n1nnnc1C(c1cc2cc(C)ccc2[nH]c1=O)N1CCCCCC1. The van der Waals surface area contributed by atoms with Gasteiger partial charge in [0.15, 0.2) is 5.82 Å². The number of nitrogens with one attached hydrogen (secondary N) is 1. The van der Waals surface area contributed by atoms with Crippen molar-refractivity contribution < 1.29 is 0 Å². The molecule has 2 aromatic heterocycles. The summed E-state index contributed by atoms with van der Waals surface area (Å²) in [4.78, 5) is 18.7. The average Bonchev–Trinajstić information content (AvgIpc) is 3.06. The van der Waals surface area contributed by atoms with E-state index in [-0.39, 0.29) is 17.1 Å². The van der Waals surface area contributed by atoms with E-state index in [1.165, 1.54) is 18.4 Å². The van der Waals surface area contributed by atoms with Gasteiger partial charge in [0.2, 0.25) is 0 Å². The second kappa shape index (κ2) is 8.30. The minimum Gasteiger partial charge on any atom is -0.322 e. The number of fused-ring (bicyclic) bond motifs is 1. The van der Waals surface area contributed by atoms with Gasteiger partial charge in [-0.15, -0.1) is 5.10 Å². The number of likely N-dealkylation sites (tertiary alicyclic amines) is 1. The Morgan fingerprint density at radius 3 is 2.57 bits per heavy atom. The fourth-order valence-corrected chi connectivity index (χ4v) is 4.34. The summed E-state index contributed by atoms with van der Waals surface area (Å²) < 4.78 is 1.92. The predicted molar refractivity (Wildman–Crippen MR) is 119 cm³/mol. The highest BCUT2D eigenvalue weighted by Crippen LogP contribution is 2.32. The van der Waals surface area contributed by atoms with Gasteiger partial charge in [-0.1, -0.05) is 31.4 Å². The number of aryl methyl sites for hydroxylation is 1. The lowest BCUT2D eigenvalue weighted by atomic mass is 9.99. The maximum atomic E-state index is 13.3. The number of H-pyrrole nitrogens is 1. The lowest BCUT2D eigenvalue weighted by molar-refractivity contribution is 0.202. The third-order valence-electron chi connectivity index (χ3n) is 6.51. The standard InChI is InChI=1S/C23H32N6O/c1-5-23(3,4)29-21(25-26-27-29)20(28-12-8-6-7-9-13-28)18-15-17-14-16(2)10-11-19(17)24-22(18)30/h10-11,14-15,20H,5-9,12-13H2,1-4H3,(H,24,30). The molecule has 0 aliphatic carbocycles. The van der Waals surface area contributed by atoms with Crippen LogP contribution < -0.4 is 5.56 Å². The Kier molecular flexibility index (Phi) is 5.73. The number of benzene rings is 1. The molecule has 30 heavy (non-hydrogen) atoms. The summed E-state index contributed by atoms with van der Waals surface area (Å²) >= 11 is 0. The fourth-order valence-electron chi connectivity index (χ4n) is 4.34. The lowest BCUT2D eigenvalue weighted by Gasteiger charge is -2.32. The van der Waals surface area contributed by atoms with E-state index in [0.29, 0.717) is 0 Å². The Bertz CT molecular complexity index is 1070. The van der Waals surface area contributed by atoms with Crippen molar-refractivity contribution in [1.82, 2.24) is 30.1 Å². The molecule has 1 atom stereocenters. The molecule has 3 heterocycles. The number of tetrazole rings is 1. The first-order valence-electron chi connectivity index (χ1n) is 11.1. The highest BCUT2D eigenvalue weighted by atomic mass is 16.1. The third kappa shape index (κ3) is 3.90. The first-order valence-corrected chi connectivity index (χ1v) is 11.1. The molecule has 3 aromatic rings. The molecule has 0 bridgehead atoms. The number of aromatic nitrogens is 5. The molecule has 1 aliphatic heterocycles. The maximum Gasteiger partial charge on any atom is 0.253 e. The van der Waals surface area contributed by atoms with Crippen molar-refractivity contribution in [3.8, 4) is 0 Å². The first kappa shape index (κ1) is 20.7. The van der Waals surface area contributed by atoms with Gasteiger partial charge in [-0.25, -0.2) is 4.68 Å². The van der Waals surface area contributed by atoms with E-state index < -0.39 is 0 Å². The molecule has 1 aliphatic rings. The summed E-state index contributed by atoms with van der Waals surface area (Å²) in [5.74, 6) is 0.751. The van der Waals surface area contributed by atoms with Crippen LogP contribution in [0.3, 0.4) is 0 Å². The summed E-state index contributed by atoms with van der Waals surface area (Å²) in [7, 11) is 0. The van der Waals surface area contributed by atoms with Crippen molar-refractivity contribution in [2.45, 2.75) is 71.4 Å². The molecule has 1 saturated heterocycles. The van der Waals surface area contributed by atoms with E-state index in [9.17, 15) is 4.79 Å². The third-order valence-corrected chi connectivity index (χ3v) is 6.51. The van der Waals surface area contributed by atoms with E-state index in [0.717, 1.165) is 54.6 Å². The Labute approximate surface area is 177 Å². The van der Waals surface area contributed by atoms with Crippen LogP contribution in [0.5, 0.6) is 0 Å². The van der Waals surface area contributed by atoms with Gasteiger partial charge in [0.25, 0.3) is 5.56 Å². The number of nitrogens with zero attached hydrogens (tertiary/aromatic N) is 5. The van der Waals surface area contributed by atoms with Crippen LogP contribution in [-0.2, 0) is 5.54 Å². The normalized spacial score (nSPS) is 17.2. The van der Waals surface area contributed by atoms with Gasteiger partial charge in [0.1, 0.15) is 6.04 Å². The van der Waals surface area contributed by atoms with Gasteiger partial charge in [-0.05, 0) is 87.1 Å². The number of hydrogen-bond acceptors (Lipinski definition) is 5. The second-order valence-electron chi connectivity index (χ2n) is 9.11. The van der Waals surface area contributed by atoms with Crippen LogP contribution in [0.4, 0.5) is 0 Å². The highest BCUT2D eigenvalue weighted by molar-refractivity contribution is 5.79. The van der Waals surface area contributed by atoms with Crippen molar-refractivity contribution in [2.75, 3.05) is 13.1 Å². The van der Waals surface area contributed by atoms with Crippen molar-refractivity contribution >= 4 is 10.9 Å². The molecule has 1 aromatic carbocycles. The Hall–Kier alpha value is -2.54. The maximum absolute atomic E-state index is 13.3. The molecule has 0 spiro atoms. The van der Waals surface area contributed by atoms with E-state index in [4.69, 9.17) is 0 Å². The van der Waals surface area contributed by atoms with Gasteiger partial charge in [0, 0.05) is 11.1 Å². The first-order chi connectivity index (χ1) is 14.4. The molecule has 1 N–H and O–H groups in total. The van der Waals surface area contributed by atoms with E-state index in [2.05, 4.69) is 59.2 Å². The lowest BCUT2D eigenvalue weighted by Crippen LogP contribution is -2.38. The van der Waals surface area contributed by atoms with E-state index in [1.54, 1.807) is 0 Å². The number of rotatable bonds is 5. The summed E-state index contributed by atoms with van der Waals surface area (Å²) in [6.45, 7) is 10.4. The monoisotopic (exact) mass is 408 g/mol. The highest BCUT2D eigenvalue weighted by Gasteiger charge is 2.34. The quantitative estimate of drug-likeness (QED) is 0.692. The fraction of sp³-hybridized carbons (Fsp3) is 0.565. The van der Waals surface area contributed by atoms with Crippen LogP contribution in [0.2, 0.25) is 0 Å². The average molecular weight is 409 g/mol. The molecular formula is C23H32N6O. The van der Waals surface area contributed by atoms with Crippen molar-refractivity contribution in [3.05, 3.63) is 51.6 Å². The number of aromatic amines is 1. The topological polar surface area (TPSA) is 79.7 Å². The molecule has 0 saturated carbocycles. The largest absolute Gasteiger partial charge is 0.322 e. The van der Waals surface area contributed by atoms with Gasteiger partial charge < -0.3 is 4.98 Å². The van der Waals surface area contributed by atoms with Gasteiger partial charge in [0.05, 0.1) is 5.54 Å². The summed E-state index contributed by atoms with van der Waals surface area (Å²) in [6.07, 6.45) is 5.59. The van der Waals surface area contributed by atoms with Crippen LogP contribution in [0.25, 0.3) is 10.9 Å². The zero-order chi connectivity index (χ0) is 21.3. The molecule has 7 nitrogen and oxygen atoms in total. The number of hydrogen-bond donors (Lipinski definition) is 1. The van der Waals surface area contributed by atoms with E-state index >= 15 is 0 Å². The minimum atomic E-state index is -0.266. The summed E-state index contributed by atoms with van der Waals surface area (Å²) in [6, 6.07) is 7.88. The molecule has 7 heteroatoms. The van der Waals surface area contributed by atoms with Crippen LogP contribution in [-0.4, -0.2) is 43.2 Å². The molecule has 0 amide bonds. The predicted octanol–water partition coefficient (Wildman–Crippen LogP) is 3.93. The van der Waals surface area contributed by atoms with Gasteiger partial charge in [-0.3, -0.25) is 9.69 Å². The molecule has 1 unspecified atom stereocenters. The molecule has 4 rings (SSSR count). The zero-order valence-corrected chi connectivity index (χ0v) is 18.5. The Morgan fingerprint density at radius 2 is 1.87 bits per heavy atom. The summed E-state index contributed by atoms with van der Waals surface area (Å²) in [5.41, 5.74) is 2.45. The van der Waals surface area contributed by atoms with E-state index in [1.807, 2.05) is 22.9 Å². The van der Waals surface area contributed by atoms with Gasteiger partial charge in [-0.2, -0.15) is 0 Å². The molecule has 160 valence electrons. The Morgan fingerprint density at radius 1 is 1.13 bits per heavy atom. The minimum absolute atomic E-state index is 0.0653. The van der Waals surface area contributed by atoms with Gasteiger partial charge >= 0.3 is 0 Å². The summed E-state index contributed by atoms with van der Waals surface area (Å²) in [5, 5.41) is 13.9. The molecule has 0 radical (unpaired) electrons. The van der Waals surface area contributed by atoms with Crippen molar-refractivity contribution in [3.63, 3.8) is 0 Å². The van der Waals surface area contributed by atoms with Crippen LogP contribution in [0, 0.1) is 6.92 Å². The smallest absolute Gasteiger partial charge is 0.253 e. The zero-order valence-electron chi connectivity index (χ0n) is 18.5. The van der Waals surface area contributed by atoms with Crippen molar-refractivity contribution in [1.29, 1.82) is 0 Å². The van der Waals surface area contributed by atoms with Crippen molar-refractivity contribution in [2.24, 2.45) is 0 Å². The Balaban J connectivity index is 1.91. The molecular weight excluding hydrogens is 376 g/mol. The van der Waals surface area contributed by atoms with Crippen LogP contribution in [0.15, 0.2) is 29.1 Å².